The standard InChI is InChI=1S/C8H11N4O3/c1-10-7(14)6-4-5(2-3-13)11-12(6)8(9)15/h13H,2-3H2,1H3,(H2,9,15)(H,10,14). The number of aliphatic hydroxyl groups excluding tert-OH is 1. The highest BCUT2D eigenvalue weighted by atomic mass is 16.3. The molecule has 4 N–H and O–H groups in total. The minimum atomic E-state index is -0.867. The average molecular weight is 211 g/mol. The molecule has 1 aromatic heterocycles. The lowest BCUT2D eigenvalue weighted by Crippen LogP contribution is -2.29. The Balaban J connectivity index is 3.11. The third kappa shape index (κ3) is 2.32. The van der Waals surface area contributed by atoms with Crippen molar-refractivity contribution in [2.24, 2.45) is 5.73 Å². The van der Waals surface area contributed by atoms with Gasteiger partial charge in [0.1, 0.15) is 5.69 Å². The summed E-state index contributed by atoms with van der Waals surface area (Å²) in [4.78, 5) is 22.2. The predicted octanol–water partition coefficient (Wildman–Crippen LogP) is -1.50. The summed E-state index contributed by atoms with van der Waals surface area (Å²) in [7, 11) is 1.42. The molecule has 0 aromatic carbocycles. The van der Waals surface area contributed by atoms with Crippen LogP contribution in [0.15, 0.2) is 0 Å². The highest BCUT2D eigenvalue weighted by Crippen LogP contribution is 2.03. The molecule has 7 heteroatoms. The number of nitrogens with one attached hydrogen (secondary N) is 1. The second kappa shape index (κ2) is 4.56. The van der Waals surface area contributed by atoms with Crippen molar-refractivity contribution in [3.8, 4) is 0 Å². The third-order valence-corrected chi connectivity index (χ3v) is 1.69. The molecule has 0 aliphatic carbocycles. The van der Waals surface area contributed by atoms with Crippen LogP contribution in [0.1, 0.15) is 16.2 Å². The summed E-state index contributed by atoms with van der Waals surface area (Å²) in [6.45, 7) is -0.139. The van der Waals surface area contributed by atoms with E-state index in [2.05, 4.69) is 16.5 Å². The summed E-state index contributed by atoms with van der Waals surface area (Å²) >= 11 is 0. The van der Waals surface area contributed by atoms with Crippen LogP contribution in [0.2, 0.25) is 0 Å². The predicted molar refractivity (Wildman–Crippen MR) is 50.2 cm³/mol. The van der Waals surface area contributed by atoms with Crippen LogP contribution in [-0.2, 0) is 6.42 Å². The molecule has 2 amide bonds. The molecule has 1 aromatic rings. The number of aromatic nitrogens is 2. The van der Waals surface area contributed by atoms with Crippen molar-refractivity contribution in [1.29, 1.82) is 0 Å². The van der Waals surface area contributed by atoms with E-state index < -0.39 is 11.9 Å². The maximum atomic E-state index is 11.3. The van der Waals surface area contributed by atoms with E-state index in [1.165, 1.54) is 7.05 Å². The van der Waals surface area contributed by atoms with Gasteiger partial charge in [0.2, 0.25) is 0 Å². The summed E-state index contributed by atoms with van der Waals surface area (Å²) in [6.07, 6.45) is 0.213. The fourth-order valence-electron chi connectivity index (χ4n) is 1.03. The maximum Gasteiger partial charge on any atom is 0.340 e. The first-order valence-electron chi connectivity index (χ1n) is 4.24. The van der Waals surface area contributed by atoms with Gasteiger partial charge in [0.25, 0.3) is 5.91 Å². The zero-order valence-electron chi connectivity index (χ0n) is 8.15. The molecule has 0 atom stereocenters. The van der Waals surface area contributed by atoms with E-state index in [1.807, 2.05) is 0 Å². The molecule has 0 aliphatic heterocycles. The van der Waals surface area contributed by atoms with Crippen molar-refractivity contribution in [2.75, 3.05) is 13.7 Å². The van der Waals surface area contributed by atoms with Gasteiger partial charge in [0.15, 0.2) is 0 Å². The Hall–Kier alpha value is -1.89. The number of hydrogen-bond donors (Lipinski definition) is 3. The lowest BCUT2D eigenvalue weighted by atomic mass is 10.3. The number of nitrogens with zero attached hydrogens (tertiary/aromatic N) is 2. The van der Waals surface area contributed by atoms with E-state index in [0.717, 1.165) is 4.68 Å². The quantitative estimate of drug-likeness (QED) is 0.565. The molecule has 0 unspecified atom stereocenters. The van der Waals surface area contributed by atoms with Gasteiger partial charge in [-0.25, -0.2) is 4.79 Å². The summed E-state index contributed by atoms with van der Waals surface area (Å²) in [5.41, 5.74) is 5.27. The fraction of sp³-hybridized carbons (Fsp3) is 0.375. The Labute approximate surface area is 85.9 Å². The lowest BCUT2D eigenvalue weighted by Gasteiger charge is -1.99. The molecule has 1 heterocycles. The van der Waals surface area contributed by atoms with Gasteiger partial charge in [-0.1, -0.05) is 0 Å². The van der Waals surface area contributed by atoms with Crippen molar-refractivity contribution >= 4 is 11.9 Å². The Morgan fingerprint density at radius 3 is 2.80 bits per heavy atom. The van der Waals surface area contributed by atoms with Crippen molar-refractivity contribution in [2.45, 2.75) is 6.42 Å². The normalized spacial score (nSPS) is 10.0. The number of carbonyl (C=O) groups excluding carboxylic acids is 2. The minimum Gasteiger partial charge on any atom is -0.396 e. The van der Waals surface area contributed by atoms with Gasteiger partial charge in [-0.2, -0.15) is 9.78 Å². The molecule has 0 saturated heterocycles. The van der Waals surface area contributed by atoms with E-state index in [-0.39, 0.29) is 18.7 Å². The fourth-order valence-corrected chi connectivity index (χ4v) is 1.03. The largest absolute Gasteiger partial charge is 0.396 e. The average Bonchev–Trinajstić information content (AvgIpc) is 2.61. The van der Waals surface area contributed by atoms with Crippen molar-refractivity contribution < 1.29 is 14.7 Å². The molecule has 15 heavy (non-hydrogen) atoms. The minimum absolute atomic E-state index is 0.0616. The van der Waals surface area contributed by atoms with Gasteiger partial charge < -0.3 is 16.2 Å². The van der Waals surface area contributed by atoms with Crippen LogP contribution < -0.4 is 11.1 Å². The summed E-state index contributed by atoms with van der Waals surface area (Å²) in [5, 5.41) is 14.7. The zero-order valence-corrected chi connectivity index (χ0v) is 8.15. The van der Waals surface area contributed by atoms with Crippen LogP contribution in [0.25, 0.3) is 0 Å². The Kier molecular flexibility index (Phi) is 3.40. The number of aliphatic hydroxyl groups is 1. The summed E-state index contributed by atoms with van der Waals surface area (Å²) in [5.74, 6) is -0.509. The van der Waals surface area contributed by atoms with Gasteiger partial charge in [0.05, 0.1) is 5.69 Å². The molecule has 7 nitrogen and oxygen atoms in total. The first-order valence-corrected chi connectivity index (χ1v) is 4.24. The SMILES string of the molecule is CNC(=O)c1[c]c(CCO)nn1C(N)=O. The smallest absolute Gasteiger partial charge is 0.340 e. The van der Waals surface area contributed by atoms with E-state index in [9.17, 15) is 9.59 Å². The Morgan fingerprint density at radius 1 is 1.67 bits per heavy atom. The van der Waals surface area contributed by atoms with Crippen LogP contribution in [0.4, 0.5) is 4.79 Å². The Morgan fingerprint density at radius 2 is 2.33 bits per heavy atom. The van der Waals surface area contributed by atoms with Crippen LogP contribution in [0, 0.1) is 6.07 Å². The molecular formula is C8H11N4O3. The zero-order chi connectivity index (χ0) is 11.4. The van der Waals surface area contributed by atoms with Gasteiger partial charge in [-0.05, 0) is 0 Å². The first-order chi connectivity index (χ1) is 7.10. The summed E-state index contributed by atoms with van der Waals surface area (Å²) < 4.78 is 0.754. The number of carbonyl (C=O) groups is 2. The molecule has 0 saturated carbocycles. The second-order valence-electron chi connectivity index (χ2n) is 2.72. The van der Waals surface area contributed by atoms with Crippen molar-refractivity contribution in [3.63, 3.8) is 0 Å². The van der Waals surface area contributed by atoms with Crippen LogP contribution in [0.5, 0.6) is 0 Å². The number of rotatable bonds is 3. The highest BCUT2D eigenvalue weighted by Gasteiger charge is 2.17. The molecule has 1 rings (SSSR count). The van der Waals surface area contributed by atoms with Crippen LogP contribution in [0.3, 0.4) is 0 Å². The van der Waals surface area contributed by atoms with E-state index in [1.54, 1.807) is 0 Å². The Bertz CT molecular complexity index is 385. The van der Waals surface area contributed by atoms with E-state index in [4.69, 9.17) is 10.8 Å². The maximum absolute atomic E-state index is 11.3. The van der Waals surface area contributed by atoms with Gasteiger partial charge in [-0.3, -0.25) is 4.79 Å². The first kappa shape index (κ1) is 11.2. The second-order valence-corrected chi connectivity index (χ2v) is 2.72. The lowest BCUT2D eigenvalue weighted by molar-refractivity contribution is 0.0953. The van der Waals surface area contributed by atoms with Gasteiger partial charge in [-0.15, -0.1) is 0 Å². The third-order valence-electron chi connectivity index (χ3n) is 1.69. The summed E-state index contributed by atoms with van der Waals surface area (Å²) in [6, 6.07) is 1.73. The molecular weight excluding hydrogens is 200 g/mol. The number of nitrogens with two attached hydrogens (primary N) is 1. The topological polar surface area (TPSA) is 110 Å². The monoisotopic (exact) mass is 211 g/mol. The number of primary amides is 1. The number of hydrogen-bond acceptors (Lipinski definition) is 4. The van der Waals surface area contributed by atoms with E-state index in [0.29, 0.717) is 5.69 Å². The van der Waals surface area contributed by atoms with Crippen LogP contribution >= 0.6 is 0 Å². The molecule has 0 aliphatic rings. The highest BCUT2D eigenvalue weighted by molar-refractivity contribution is 5.95. The van der Waals surface area contributed by atoms with Gasteiger partial charge >= 0.3 is 6.03 Å². The number of amides is 2. The van der Waals surface area contributed by atoms with Crippen molar-refractivity contribution in [3.05, 3.63) is 17.5 Å². The van der Waals surface area contributed by atoms with E-state index >= 15 is 0 Å². The molecule has 0 bridgehead atoms. The van der Waals surface area contributed by atoms with Gasteiger partial charge in [0, 0.05) is 26.1 Å². The molecule has 0 spiro atoms. The molecule has 1 radical (unpaired) electrons. The van der Waals surface area contributed by atoms with Crippen LogP contribution in [-0.4, -0.2) is 40.5 Å². The molecule has 81 valence electrons. The molecule has 0 fully saturated rings. The van der Waals surface area contributed by atoms with Crippen molar-refractivity contribution in [1.82, 2.24) is 15.1 Å².